The summed E-state index contributed by atoms with van der Waals surface area (Å²) in [5.41, 5.74) is 3.92. The standard InChI is InChI=1S/C22H22BrN3O3S/c1-14-11-16(15(2)26(14)18-7-5-17(23)6-8-18)12-19-21(28)25(22(29)30-19)13-20(27)24-9-3-4-10-24/h5-8,11-12H,3-4,9-10,13H2,1-2H3/b19-12-. The highest BCUT2D eigenvalue weighted by atomic mass is 79.9. The zero-order chi connectivity index (χ0) is 21.4. The Labute approximate surface area is 188 Å². The number of halogens is 1. The lowest BCUT2D eigenvalue weighted by molar-refractivity contribution is -0.135. The summed E-state index contributed by atoms with van der Waals surface area (Å²) in [6.07, 6.45) is 3.70. The number of hydrogen-bond acceptors (Lipinski definition) is 4. The van der Waals surface area contributed by atoms with Gasteiger partial charge < -0.3 is 9.47 Å². The van der Waals surface area contributed by atoms with Crippen LogP contribution in [0.4, 0.5) is 4.79 Å². The van der Waals surface area contributed by atoms with Crippen molar-refractivity contribution in [3.63, 3.8) is 0 Å². The van der Waals surface area contributed by atoms with Gasteiger partial charge in [-0.15, -0.1) is 0 Å². The third kappa shape index (κ3) is 3.98. The Morgan fingerprint density at radius 2 is 1.80 bits per heavy atom. The topological polar surface area (TPSA) is 62.6 Å². The van der Waals surface area contributed by atoms with Crippen LogP contribution in [-0.2, 0) is 9.59 Å². The predicted octanol–water partition coefficient (Wildman–Crippen LogP) is 4.52. The molecule has 2 saturated heterocycles. The highest BCUT2D eigenvalue weighted by Crippen LogP contribution is 2.34. The van der Waals surface area contributed by atoms with E-state index in [1.54, 1.807) is 11.0 Å². The number of imide groups is 1. The molecule has 0 unspecified atom stereocenters. The number of aryl methyl sites for hydroxylation is 1. The monoisotopic (exact) mass is 487 g/mol. The maximum atomic E-state index is 12.8. The van der Waals surface area contributed by atoms with Gasteiger partial charge in [0.2, 0.25) is 5.91 Å². The van der Waals surface area contributed by atoms with Crippen molar-refractivity contribution in [2.45, 2.75) is 26.7 Å². The van der Waals surface area contributed by atoms with Crippen LogP contribution in [0.2, 0.25) is 0 Å². The van der Waals surface area contributed by atoms with Crippen LogP contribution in [0.25, 0.3) is 11.8 Å². The second kappa shape index (κ2) is 8.43. The van der Waals surface area contributed by atoms with Crippen LogP contribution >= 0.6 is 27.7 Å². The summed E-state index contributed by atoms with van der Waals surface area (Å²) in [7, 11) is 0. The van der Waals surface area contributed by atoms with Gasteiger partial charge in [-0.05, 0) is 80.4 Å². The summed E-state index contributed by atoms with van der Waals surface area (Å²) >= 11 is 4.35. The summed E-state index contributed by atoms with van der Waals surface area (Å²) < 4.78 is 3.12. The molecule has 0 spiro atoms. The van der Waals surface area contributed by atoms with Crippen molar-refractivity contribution in [2.24, 2.45) is 0 Å². The fraction of sp³-hybridized carbons (Fsp3) is 0.318. The van der Waals surface area contributed by atoms with Crippen molar-refractivity contribution in [3.05, 3.63) is 56.7 Å². The molecule has 2 aromatic rings. The maximum absolute atomic E-state index is 12.8. The van der Waals surface area contributed by atoms with Crippen LogP contribution in [0.5, 0.6) is 0 Å². The van der Waals surface area contributed by atoms with Crippen LogP contribution in [0.3, 0.4) is 0 Å². The molecule has 30 heavy (non-hydrogen) atoms. The summed E-state index contributed by atoms with van der Waals surface area (Å²) in [5.74, 6) is -0.560. The quantitative estimate of drug-likeness (QED) is 0.594. The first-order valence-electron chi connectivity index (χ1n) is 9.83. The minimum absolute atomic E-state index is 0.163. The molecule has 0 atom stereocenters. The van der Waals surface area contributed by atoms with Crippen molar-refractivity contribution in [2.75, 3.05) is 19.6 Å². The van der Waals surface area contributed by atoms with E-state index < -0.39 is 5.91 Å². The molecular weight excluding hydrogens is 466 g/mol. The molecule has 0 radical (unpaired) electrons. The molecule has 0 aliphatic carbocycles. The fourth-order valence-corrected chi connectivity index (χ4v) is 4.99. The summed E-state index contributed by atoms with van der Waals surface area (Å²) in [4.78, 5) is 40.7. The second-order valence-corrected chi connectivity index (χ2v) is 9.40. The average Bonchev–Trinajstić information content (AvgIpc) is 3.40. The molecular formula is C22H22BrN3O3S. The Balaban J connectivity index is 1.57. The summed E-state index contributed by atoms with van der Waals surface area (Å²) in [6.45, 7) is 5.22. The zero-order valence-corrected chi connectivity index (χ0v) is 19.3. The highest BCUT2D eigenvalue weighted by Gasteiger charge is 2.37. The Morgan fingerprint density at radius 1 is 1.13 bits per heavy atom. The third-order valence-electron chi connectivity index (χ3n) is 5.47. The van der Waals surface area contributed by atoms with Crippen LogP contribution in [0, 0.1) is 13.8 Å². The molecule has 2 fully saturated rings. The van der Waals surface area contributed by atoms with Crippen LogP contribution in [0.1, 0.15) is 29.8 Å². The molecule has 4 rings (SSSR count). The Bertz CT molecular complexity index is 1050. The molecule has 8 heteroatoms. The van der Waals surface area contributed by atoms with E-state index in [2.05, 4.69) is 20.5 Å². The molecule has 2 aliphatic rings. The predicted molar refractivity (Wildman–Crippen MR) is 121 cm³/mol. The van der Waals surface area contributed by atoms with Gasteiger partial charge in [-0.3, -0.25) is 19.3 Å². The maximum Gasteiger partial charge on any atom is 0.294 e. The van der Waals surface area contributed by atoms with Gasteiger partial charge in [0.15, 0.2) is 0 Å². The number of thioether (sulfide) groups is 1. The van der Waals surface area contributed by atoms with Crippen LogP contribution < -0.4 is 0 Å². The van der Waals surface area contributed by atoms with Gasteiger partial charge in [0.05, 0.1) is 4.91 Å². The fourth-order valence-electron chi connectivity index (χ4n) is 3.90. The lowest BCUT2D eigenvalue weighted by Gasteiger charge is -2.18. The summed E-state index contributed by atoms with van der Waals surface area (Å²) in [6, 6.07) is 10.0. The molecule has 1 aromatic carbocycles. The first-order chi connectivity index (χ1) is 14.3. The van der Waals surface area contributed by atoms with Crippen molar-refractivity contribution in [1.82, 2.24) is 14.4 Å². The van der Waals surface area contributed by atoms with E-state index in [0.29, 0.717) is 18.0 Å². The number of nitrogens with zero attached hydrogens (tertiary/aromatic N) is 3. The number of carbonyl (C=O) groups is 3. The number of amides is 3. The lowest BCUT2D eigenvalue weighted by Crippen LogP contribution is -2.40. The average molecular weight is 488 g/mol. The van der Waals surface area contributed by atoms with Crippen molar-refractivity contribution < 1.29 is 14.4 Å². The molecule has 156 valence electrons. The molecule has 3 amide bonds. The largest absolute Gasteiger partial charge is 0.341 e. The SMILES string of the molecule is Cc1cc(/C=C2\SC(=O)N(CC(=O)N3CCCC3)C2=O)c(C)n1-c1ccc(Br)cc1. The first-order valence-corrected chi connectivity index (χ1v) is 11.4. The van der Waals surface area contributed by atoms with Crippen molar-refractivity contribution in [3.8, 4) is 5.69 Å². The first kappa shape index (κ1) is 20.9. The van der Waals surface area contributed by atoms with Crippen molar-refractivity contribution in [1.29, 1.82) is 0 Å². The van der Waals surface area contributed by atoms with Gasteiger partial charge in [-0.25, -0.2) is 0 Å². The van der Waals surface area contributed by atoms with E-state index in [1.807, 2.05) is 44.2 Å². The van der Waals surface area contributed by atoms with Gasteiger partial charge in [0.1, 0.15) is 6.54 Å². The molecule has 3 heterocycles. The minimum atomic E-state index is -0.397. The Morgan fingerprint density at radius 3 is 2.47 bits per heavy atom. The Kier molecular flexibility index (Phi) is 5.88. The van der Waals surface area contributed by atoms with Crippen LogP contribution in [-0.4, -0.2) is 51.1 Å². The van der Waals surface area contributed by atoms with E-state index >= 15 is 0 Å². The minimum Gasteiger partial charge on any atom is -0.341 e. The van der Waals surface area contributed by atoms with E-state index in [4.69, 9.17) is 0 Å². The normalized spacial score (nSPS) is 18.2. The van der Waals surface area contributed by atoms with Gasteiger partial charge in [0.25, 0.3) is 11.1 Å². The second-order valence-electron chi connectivity index (χ2n) is 7.49. The third-order valence-corrected chi connectivity index (χ3v) is 6.90. The van der Waals surface area contributed by atoms with Gasteiger partial charge in [-0.2, -0.15) is 0 Å². The number of rotatable bonds is 4. The van der Waals surface area contributed by atoms with Crippen LogP contribution in [0.15, 0.2) is 39.7 Å². The molecule has 6 nitrogen and oxygen atoms in total. The zero-order valence-electron chi connectivity index (χ0n) is 16.9. The Hall–Kier alpha value is -2.32. The molecule has 0 bridgehead atoms. The van der Waals surface area contributed by atoms with Gasteiger partial charge >= 0.3 is 0 Å². The number of likely N-dealkylation sites (tertiary alicyclic amines) is 1. The van der Waals surface area contributed by atoms with Crippen molar-refractivity contribution >= 4 is 50.8 Å². The van der Waals surface area contributed by atoms with E-state index in [-0.39, 0.29) is 17.7 Å². The smallest absolute Gasteiger partial charge is 0.294 e. The number of hydrogen-bond donors (Lipinski definition) is 0. The van der Waals surface area contributed by atoms with E-state index in [9.17, 15) is 14.4 Å². The lowest BCUT2D eigenvalue weighted by atomic mass is 10.2. The number of aromatic nitrogens is 1. The van der Waals surface area contributed by atoms with Gasteiger partial charge in [0, 0.05) is 34.6 Å². The number of benzene rings is 1. The number of carbonyl (C=O) groups excluding carboxylic acids is 3. The van der Waals surface area contributed by atoms with E-state index in [0.717, 1.165) is 56.6 Å². The molecule has 2 aliphatic heterocycles. The van der Waals surface area contributed by atoms with Gasteiger partial charge in [-0.1, -0.05) is 15.9 Å². The molecule has 0 saturated carbocycles. The molecule has 0 N–H and O–H groups in total. The molecule has 1 aromatic heterocycles. The summed E-state index contributed by atoms with van der Waals surface area (Å²) in [5, 5.41) is -0.388. The van der Waals surface area contributed by atoms with E-state index in [1.165, 1.54) is 0 Å². The highest BCUT2D eigenvalue weighted by molar-refractivity contribution is 9.10.